The molecule has 18 heavy (non-hydrogen) atoms. The summed E-state index contributed by atoms with van der Waals surface area (Å²) in [5.74, 6) is -0.0385. The highest BCUT2D eigenvalue weighted by Crippen LogP contribution is 2.10. The first-order valence-electron chi connectivity index (χ1n) is 6.22. The smallest absolute Gasteiger partial charge is 0.239 e. The number of halogens is 1. The highest BCUT2D eigenvalue weighted by molar-refractivity contribution is 5.85. The van der Waals surface area contributed by atoms with Gasteiger partial charge in [-0.05, 0) is 26.7 Å². The Morgan fingerprint density at radius 1 is 1.39 bits per heavy atom. The fourth-order valence-electron chi connectivity index (χ4n) is 1.76. The predicted molar refractivity (Wildman–Crippen MR) is 73.6 cm³/mol. The quantitative estimate of drug-likeness (QED) is 0.793. The molecule has 1 fully saturated rings. The fourth-order valence-corrected chi connectivity index (χ4v) is 1.76. The van der Waals surface area contributed by atoms with Gasteiger partial charge in [0.2, 0.25) is 11.8 Å². The van der Waals surface area contributed by atoms with Gasteiger partial charge in [-0.2, -0.15) is 0 Å². The van der Waals surface area contributed by atoms with Crippen LogP contribution in [0.5, 0.6) is 0 Å². The van der Waals surface area contributed by atoms with Gasteiger partial charge in [0.05, 0.1) is 6.54 Å². The summed E-state index contributed by atoms with van der Waals surface area (Å²) in [4.78, 5) is 25.0. The molecule has 1 rings (SSSR count). The van der Waals surface area contributed by atoms with Gasteiger partial charge in [-0.1, -0.05) is 6.42 Å². The molecule has 106 valence electrons. The van der Waals surface area contributed by atoms with Crippen LogP contribution in [-0.2, 0) is 9.59 Å². The molecule has 0 unspecified atom stereocenters. The van der Waals surface area contributed by atoms with Crippen LogP contribution in [0.3, 0.4) is 0 Å². The second-order valence-corrected chi connectivity index (χ2v) is 5.39. The number of carbonyl (C=O) groups is 2. The average molecular weight is 278 g/mol. The van der Waals surface area contributed by atoms with Crippen molar-refractivity contribution in [1.29, 1.82) is 0 Å². The lowest BCUT2D eigenvalue weighted by Gasteiger charge is -2.22. The zero-order valence-corrected chi connectivity index (χ0v) is 12.0. The molecular weight excluding hydrogens is 254 g/mol. The molecular formula is C12H24ClN3O2. The minimum absolute atomic E-state index is 0. The van der Waals surface area contributed by atoms with E-state index in [1.165, 1.54) is 0 Å². The van der Waals surface area contributed by atoms with E-state index in [4.69, 9.17) is 5.73 Å². The molecule has 3 N–H and O–H groups in total. The SMILES string of the molecule is CC(C)(N)CNC(=O)CN1CCCCCC1=O.Cl. The van der Waals surface area contributed by atoms with Crippen molar-refractivity contribution in [2.75, 3.05) is 19.6 Å². The van der Waals surface area contributed by atoms with Gasteiger partial charge >= 0.3 is 0 Å². The van der Waals surface area contributed by atoms with E-state index in [9.17, 15) is 9.59 Å². The molecule has 1 aliphatic heterocycles. The lowest BCUT2D eigenvalue weighted by molar-refractivity contribution is -0.135. The lowest BCUT2D eigenvalue weighted by Crippen LogP contribution is -2.48. The van der Waals surface area contributed by atoms with Crippen LogP contribution in [-0.4, -0.2) is 41.9 Å². The molecule has 0 aromatic carbocycles. The van der Waals surface area contributed by atoms with Gasteiger partial charge in [-0.3, -0.25) is 9.59 Å². The maximum atomic E-state index is 11.7. The van der Waals surface area contributed by atoms with E-state index >= 15 is 0 Å². The summed E-state index contributed by atoms with van der Waals surface area (Å²) in [5, 5.41) is 2.75. The van der Waals surface area contributed by atoms with E-state index in [2.05, 4.69) is 5.32 Å². The third kappa shape index (κ3) is 6.81. The van der Waals surface area contributed by atoms with Crippen LogP contribution in [0, 0.1) is 0 Å². The molecule has 6 heteroatoms. The van der Waals surface area contributed by atoms with Crippen LogP contribution < -0.4 is 11.1 Å². The van der Waals surface area contributed by atoms with E-state index in [1.807, 2.05) is 13.8 Å². The number of hydrogen-bond acceptors (Lipinski definition) is 3. The molecule has 0 radical (unpaired) electrons. The Kier molecular flexibility index (Phi) is 7.25. The number of hydrogen-bond donors (Lipinski definition) is 2. The minimum atomic E-state index is -0.418. The number of amides is 2. The van der Waals surface area contributed by atoms with Crippen molar-refractivity contribution in [2.45, 2.75) is 45.1 Å². The molecule has 5 nitrogen and oxygen atoms in total. The largest absolute Gasteiger partial charge is 0.353 e. The van der Waals surface area contributed by atoms with Gasteiger partial charge in [-0.15, -0.1) is 12.4 Å². The second kappa shape index (κ2) is 7.59. The third-order valence-corrected chi connectivity index (χ3v) is 2.75. The van der Waals surface area contributed by atoms with E-state index in [1.54, 1.807) is 4.90 Å². The van der Waals surface area contributed by atoms with E-state index in [-0.39, 0.29) is 30.8 Å². The van der Waals surface area contributed by atoms with Crippen molar-refractivity contribution in [3.8, 4) is 0 Å². The Bertz CT molecular complexity index is 290. The first-order valence-corrected chi connectivity index (χ1v) is 6.22. The molecule has 0 bridgehead atoms. The maximum absolute atomic E-state index is 11.7. The Hall–Kier alpha value is -0.810. The summed E-state index contributed by atoms with van der Waals surface area (Å²) in [6, 6.07) is 0. The highest BCUT2D eigenvalue weighted by atomic mass is 35.5. The van der Waals surface area contributed by atoms with Gasteiger partial charge in [0.1, 0.15) is 0 Å². The number of carbonyl (C=O) groups excluding carboxylic acids is 2. The van der Waals surface area contributed by atoms with Gasteiger partial charge < -0.3 is 16.0 Å². The molecule has 0 aromatic heterocycles. The summed E-state index contributed by atoms with van der Waals surface area (Å²) in [6.07, 6.45) is 3.56. The van der Waals surface area contributed by atoms with Gasteiger partial charge in [0.15, 0.2) is 0 Å². The van der Waals surface area contributed by atoms with Gasteiger partial charge in [0, 0.05) is 25.0 Å². The topological polar surface area (TPSA) is 75.4 Å². The maximum Gasteiger partial charge on any atom is 0.239 e. The van der Waals surface area contributed by atoms with Crippen LogP contribution >= 0.6 is 12.4 Å². The summed E-state index contributed by atoms with van der Waals surface area (Å²) in [5.41, 5.74) is 5.36. The molecule has 1 heterocycles. The Balaban J connectivity index is 0.00000289. The van der Waals surface area contributed by atoms with Crippen molar-refractivity contribution in [1.82, 2.24) is 10.2 Å². The minimum Gasteiger partial charge on any atom is -0.353 e. The normalized spacial score (nSPS) is 16.8. The number of nitrogens with two attached hydrogens (primary N) is 1. The molecule has 0 aromatic rings. The molecule has 0 aliphatic carbocycles. The number of nitrogens with zero attached hydrogens (tertiary/aromatic N) is 1. The standard InChI is InChI=1S/C12H23N3O2.ClH/c1-12(2,13)9-14-10(16)8-15-7-5-3-4-6-11(15)17;/h3-9,13H2,1-2H3,(H,14,16);1H. The van der Waals surface area contributed by atoms with Crippen molar-refractivity contribution in [3.63, 3.8) is 0 Å². The van der Waals surface area contributed by atoms with E-state index < -0.39 is 5.54 Å². The van der Waals surface area contributed by atoms with E-state index in [0.717, 1.165) is 19.3 Å². The van der Waals surface area contributed by atoms with Crippen molar-refractivity contribution >= 4 is 24.2 Å². The molecule has 2 amide bonds. The molecule has 0 atom stereocenters. The average Bonchev–Trinajstić information content (AvgIpc) is 2.41. The summed E-state index contributed by atoms with van der Waals surface area (Å²) >= 11 is 0. The van der Waals surface area contributed by atoms with Crippen molar-refractivity contribution in [2.24, 2.45) is 5.73 Å². The zero-order chi connectivity index (χ0) is 12.9. The van der Waals surface area contributed by atoms with E-state index in [0.29, 0.717) is 19.5 Å². The summed E-state index contributed by atoms with van der Waals surface area (Å²) in [7, 11) is 0. The third-order valence-electron chi connectivity index (χ3n) is 2.75. The van der Waals surface area contributed by atoms with Crippen LogP contribution in [0.1, 0.15) is 39.5 Å². The molecule has 0 saturated carbocycles. The Morgan fingerprint density at radius 3 is 2.67 bits per heavy atom. The predicted octanol–water partition coefficient (Wildman–Crippen LogP) is 0.664. The number of nitrogens with one attached hydrogen (secondary N) is 1. The molecule has 1 saturated heterocycles. The number of rotatable bonds is 4. The molecule has 0 spiro atoms. The van der Waals surface area contributed by atoms with Crippen LogP contribution in [0.25, 0.3) is 0 Å². The van der Waals surface area contributed by atoms with Gasteiger partial charge in [0.25, 0.3) is 0 Å². The van der Waals surface area contributed by atoms with Gasteiger partial charge in [-0.25, -0.2) is 0 Å². The van der Waals surface area contributed by atoms with Crippen molar-refractivity contribution in [3.05, 3.63) is 0 Å². The van der Waals surface area contributed by atoms with Crippen LogP contribution in [0.4, 0.5) is 0 Å². The highest BCUT2D eigenvalue weighted by Gasteiger charge is 2.20. The number of likely N-dealkylation sites (tertiary alicyclic amines) is 1. The van der Waals surface area contributed by atoms with Crippen LogP contribution in [0.15, 0.2) is 0 Å². The van der Waals surface area contributed by atoms with Crippen molar-refractivity contribution < 1.29 is 9.59 Å². The fraction of sp³-hybridized carbons (Fsp3) is 0.833. The second-order valence-electron chi connectivity index (χ2n) is 5.39. The van der Waals surface area contributed by atoms with Crippen LogP contribution in [0.2, 0.25) is 0 Å². The Morgan fingerprint density at radius 2 is 2.06 bits per heavy atom. The lowest BCUT2D eigenvalue weighted by atomic mass is 10.1. The zero-order valence-electron chi connectivity index (χ0n) is 11.2. The summed E-state index contributed by atoms with van der Waals surface area (Å²) < 4.78 is 0. The summed E-state index contributed by atoms with van der Waals surface area (Å²) in [6.45, 7) is 4.98. The first-order chi connectivity index (χ1) is 7.88. The Labute approximate surface area is 115 Å². The monoisotopic (exact) mass is 277 g/mol. The first kappa shape index (κ1) is 17.2. The molecule has 1 aliphatic rings.